The van der Waals surface area contributed by atoms with E-state index >= 15 is 0 Å². The molecule has 0 spiro atoms. The van der Waals surface area contributed by atoms with Crippen LogP contribution < -0.4 is 0 Å². The largest absolute Gasteiger partial charge is 0.469 e. The molecule has 16 heavy (non-hydrogen) atoms. The van der Waals surface area contributed by atoms with Crippen molar-refractivity contribution in [3.63, 3.8) is 0 Å². The van der Waals surface area contributed by atoms with Crippen LogP contribution in [-0.4, -0.2) is 29.5 Å². The van der Waals surface area contributed by atoms with Crippen LogP contribution in [0.4, 0.5) is 0 Å². The van der Waals surface area contributed by atoms with E-state index in [4.69, 9.17) is 0 Å². The molecule has 1 atom stereocenters. The highest BCUT2D eigenvalue weighted by atomic mass is 32.2. The first-order valence-corrected chi connectivity index (χ1v) is 5.99. The van der Waals surface area contributed by atoms with Crippen molar-refractivity contribution < 1.29 is 14.6 Å². The van der Waals surface area contributed by atoms with Crippen LogP contribution in [0.1, 0.15) is 13.3 Å². The number of esters is 1. The van der Waals surface area contributed by atoms with Crippen molar-refractivity contribution in [2.75, 3.05) is 12.9 Å². The Bertz CT molecular complexity index is 335. The summed E-state index contributed by atoms with van der Waals surface area (Å²) in [7, 11) is 1.32. The van der Waals surface area contributed by atoms with Crippen molar-refractivity contribution in [1.82, 2.24) is 0 Å². The van der Waals surface area contributed by atoms with Gasteiger partial charge >= 0.3 is 5.97 Å². The first-order valence-electron chi connectivity index (χ1n) is 5.00. The fourth-order valence-electron chi connectivity index (χ4n) is 1.19. The highest BCUT2D eigenvalue weighted by molar-refractivity contribution is 7.99. The molecule has 0 fully saturated rings. The Hall–Kier alpha value is -1.00. The van der Waals surface area contributed by atoms with E-state index in [1.807, 2.05) is 30.3 Å². The summed E-state index contributed by atoms with van der Waals surface area (Å²) in [5.41, 5.74) is -1.03. The number of benzene rings is 1. The van der Waals surface area contributed by atoms with Gasteiger partial charge < -0.3 is 9.84 Å². The molecule has 0 saturated heterocycles. The summed E-state index contributed by atoms with van der Waals surface area (Å²) in [6, 6.07) is 9.77. The van der Waals surface area contributed by atoms with Gasteiger partial charge in [-0.05, 0) is 19.1 Å². The molecular weight excluding hydrogens is 224 g/mol. The highest BCUT2D eigenvalue weighted by Crippen LogP contribution is 2.24. The first-order chi connectivity index (χ1) is 7.53. The monoisotopic (exact) mass is 240 g/mol. The summed E-state index contributed by atoms with van der Waals surface area (Å²) in [5.74, 6) is 0.0743. The lowest BCUT2D eigenvalue weighted by Crippen LogP contribution is -2.31. The molecule has 3 nitrogen and oxygen atoms in total. The molecule has 0 aromatic heterocycles. The van der Waals surface area contributed by atoms with E-state index in [2.05, 4.69) is 4.74 Å². The van der Waals surface area contributed by atoms with Gasteiger partial charge in [-0.2, -0.15) is 0 Å². The van der Waals surface area contributed by atoms with Crippen molar-refractivity contribution in [1.29, 1.82) is 0 Å². The van der Waals surface area contributed by atoms with Gasteiger partial charge in [0.1, 0.15) is 0 Å². The smallest absolute Gasteiger partial charge is 0.308 e. The number of aliphatic hydroxyl groups is 1. The topological polar surface area (TPSA) is 46.5 Å². The number of methoxy groups -OCH3 is 1. The quantitative estimate of drug-likeness (QED) is 0.632. The van der Waals surface area contributed by atoms with Crippen LogP contribution in [0.2, 0.25) is 0 Å². The third-order valence-corrected chi connectivity index (χ3v) is 3.42. The number of thioether (sulfide) groups is 1. The number of ether oxygens (including phenoxy) is 1. The van der Waals surface area contributed by atoms with Crippen molar-refractivity contribution in [3.8, 4) is 0 Å². The molecule has 0 saturated carbocycles. The predicted molar refractivity (Wildman–Crippen MR) is 64.4 cm³/mol. The van der Waals surface area contributed by atoms with E-state index in [0.29, 0.717) is 5.75 Å². The molecule has 0 aliphatic heterocycles. The number of rotatable bonds is 5. The van der Waals surface area contributed by atoms with Gasteiger partial charge in [0.15, 0.2) is 0 Å². The fraction of sp³-hybridized carbons (Fsp3) is 0.417. The lowest BCUT2D eigenvalue weighted by Gasteiger charge is -2.21. The van der Waals surface area contributed by atoms with Crippen LogP contribution in [0.25, 0.3) is 0 Å². The van der Waals surface area contributed by atoms with E-state index < -0.39 is 11.6 Å². The lowest BCUT2D eigenvalue weighted by molar-refractivity contribution is -0.144. The highest BCUT2D eigenvalue weighted by Gasteiger charge is 2.25. The van der Waals surface area contributed by atoms with Crippen molar-refractivity contribution in [2.24, 2.45) is 0 Å². The van der Waals surface area contributed by atoms with Gasteiger partial charge in [-0.3, -0.25) is 4.79 Å². The fourth-order valence-corrected chi connectivity index (χ4v) is 2.12. The Labute approximate surface area is 99.8 Å². The number of hydrogen-bond donors (Lipinski definition) is 1. The standard InChI is InChI=1S/C12H16O3S/c1-12(14,8-11(13)15-2)9-16-10-6-4-3-5-7-10/h3-7,14H,8-9H2,1-2H3/t12-/m0/s1. The molecule has 1 N–H and O–H groups in total. The molecule has 1 aromatic rings. The summed E-state index contributed by atoms with van der Waals surface area (Å²) in [6.07, 6.45) is 0.0172. The molecular formula is C12H16O3S. The lowest BCUT2D eigenvalue weighted by atomic mass is 10.1. The summed E-state index contributed by atoms with van der Waals surface area (Å²) in [5, 5.41) is 9.96. The van der Waals surface area contributed by atoms with Gasteiger partial charge in [0.2, 0.25) is 0 Å². The first kappa shape index (κ1) is 13.1. The SMILES string of the molecule is COC(=O)C[C@](C)(O)CSc1ccccc1. The van der Waals surface area contributed by atoms with Gasteiger partial charge in [0, 0.05) is 10.6 Å². The van der Waals surface area contributed by atoms with Crippen LogP contribution in [-0.2, 0) is 9.53 Å². The number of carbonyl (C=O) groups excluding carboxylic acids is 1. The van der Waals surface area contributed by atoms with E-state index in [1.165, 1.54) is 18.9 Å². The average molecular weight is 240 g/mol. The second-order valence-corrected chi connectivity index (χ2v) is 4.90. The minimum atomic E-state index is -1.03. The van der Waals surface area contributed by atoms with E-state index in [1.54, 1.807) is 6.92 Å². The third-order valence-electron chi connectivity index (χ3n) is 2.05. The normalized spacial score (nSPS) is 14.2. The zero-order chi connectivity index (χ0) is 12.0. The predicted octanol–water partition coefficient (Wildman–Crippen LogP) is 2.09. The van der Waals surface area contributed by atoms with Crippen LogP contribution >= 0.6 is 11.8 Å². The van der Waals surface area contributed by atoms with Crippen molar-refractivity contribution >= 4 is 17.7 Å². The van der Waals surface area contributed by atoms with Gasteiger partial charge in [-0.25, -0.2) is 0 Å². The Morgan fingerprint density at radius 1 is 1.44 bits per heavy atom. The van der Waals surface area contributed by atoms with Gasteiger partial charge in [0.05, 0.1) is 19.1 Å². The van der Waals surface area contributed by atoms with E-state index in [0.717, 1.165) is 4.90 Å². The maximum atomic E-state index is 11.0. The molecule has 0 amide bonds. The number of carbonyl (C=O) groups is 1. The molecule has 0 heterocycles. The van der Waals surface area contributed by atoms with Crippen LogP contribution in [0.5, 0.6) is 0 Å². The summed E-state index contributed by atoms with van der Waals surface area (Å²) in [6.45, 7) is 1.64. The zero-order valence-corrected chi connectivity index (χ0v) is 10.3. The summed E-state index contributed by atoms with van der Waals surface area (Å²) < 4.78 is 4.53. The van der Waals surface area contributed by atoms with Gasteiger partial charge in [-0.15, -0.1) is 11.8 Å². The summed E-state index contributed by atoms with van der Waals surface area (Å²) in [4.78, 5) is 12.1. The molecule has 0 radical (unpaired) electrons. The second-order valence-electron chi connectivity index (χ2n) is 3.85. The number of hydrogen-bond acceptors (Lipinski definition) is 4. The van der Waals surface area contributed by atoms with E-state index in [9.17, 15) is 9.90 Å². The minimum Gasteiger partial charge on any atom is -0.469 e. The Morgan fingerprint density at radius 2 is 2.06 bits per heavy atom. The van der Waals surface area contributed by atoms with Crippen molar-refractivity contribution in [2.45, 2.75) is 23.8 Å². The van der Waals surface area contributed by atoms with Crippen LogP contribution in [0, 0.1) is 0 Å². The van der Waals surface area contributed by atoms with E-state index in [-0.39, 0.29) is 6.42 Å². The Balaban J connectivity index is 2.44. The molecule has 0 bridgehead atoms. The van der Waals surface area contributed by atoms with Gasteiger partial charge in [0.25, 0.3) is 0 Å². The van der Waals surface area contributed by atoms with Crippen LogP contribution in [0.3, 0.4) is 0 Å². The molecule has 4 heteroatoms. The second kappa shape index (κ2) is 5.92. The maximum Gasteiger partial charge on any atom is 0.308 e. The Morgan fingerprint density at radius 3 is 2.62 bits per heavy atom. The molecule has 0 aliphatic carbocycles. The zero-order valence-electron chi connectivity index (χ0n) is 9.47. The molecule has 1 rings (SSSR count). The molecule has 0 unspecified atom stereocenters. The average Bonchev–Trinajstić information content (AvgIpc) is 2.27. The summed E-state index contributed by atoms with van der Waals surface area (Å²) >= 11 is 1.52. The molecule has 0 aliphatic rings. The van der Waals surface area contributed by atoms with Gasteiger partial charge in [-0.1, -0.05) is 18.2 Å². The molecule has 1 aromatic carbocycles. The van der Waals surface area contributed by atoms with Crippen molar-refractivity contribution in [3.05, 3.63) is 30.3 Å². The van der Waals surface area contributed by atoms with Crippen LogP contribution in [0.15, 0.2) is 35.2 Å². The molecule has 88 valence electrons. The Kier molecular flexibility index (Phi) is 4.83. The third kappa shape index (κ3) is 4.68. The maximum absolute atomic E-state index is 11.0. The minimum absolute atomic E-state index is 0.0172.